The van der Waals surface area contributed by atoms with Crippen LogP contribution in [-0.2, 0) is 4.74 Å². The molecule has 0 saturated carbocycles. The quantitative estimate of drug-likeness (QED) is 0.728. The van der Waals surface area contributed by atoms with Crippen molar-refractivity contribution in [3.8, 4) is 0 Å². The maximum absolute atomic E-state index is 11.3. The van der Waals surface area contributed by atoms with E-state index >= 15 is 0 Å². The molecule has 0 aliphatic rings. The number of ether oxygens (including phenoxy) is 1. The molecule has 0 fully saturated rings. The van der Waals surface area contributed by atoms with Gasteiger partial charge in [0.05, 0.1) is 11.9 Å². The van der Waals surface area contributed by atoms with Crippen molar-refractivity contribution in [2.45, 2.75) is 26.4 Å². The van der Waals surface area contributed by atoms with Gasteiger partial charge in [-0.1, -0.05) is 0 Å². The molecule has 2 N–H and O–H groups in total. The molecule has 0 saturated heterocycles. The summed E-state index contributed by atoms with van der Waals surface area (Å²) in [5, 5.41) is 2.43. The molecule has 1 heterocycles. The van der Waals surface area contributed by atoms with Gasteiger partial charge in [-0.3, -0.25) is 5.32 Å². The minimum absolute atomic E-state index is 0.379. The fourth-order valence-electron chi connectivity index (χ4n) is 0.832. The zero-order valence-electron chi connectivity index (χ0n) is 8.83. The van der Waals surface area contributed by atoms with Gasteiger partial charge in [0.15, 0.2) is 0 Å². The van der Waals surface area contributed by atoms with E-state index in [1.807, 2.05) is 0 Å². The molecule has 1 aromatic rings. The fourth-order valence-corrected chi connectivity index (χ4v) is 0.832. The Morgan fingerprint density at radius 3 is 2.67 bits per heavy atom. The Bertz CT molecular complexity index is 385. The van der Waals surface area contributed by atoms with Crippen LogP contribution in [0.15, 0.2) is 17.2 Å². The van der Waals surface area contributed by atoms with Gasteiger partial charge in [0.1, 0.15) is 5.60 Å². The summed E-state index contributed by atoms with van der Waals surface area (Å²) in [5.41, 5.74) is -0.645. The molecule has 15 heavy (non-hydrogen) atoms. The van der Waals surface area contributed by atoms with Crippen LogP contribution in [0.1, 0.15) is 20.8 Å². The van der Waals surface area contributed by atoms with Crippen molar-refractivity contribution in [3.63, 3.8) is 0 Å². The average Bonchev–Trinajstić information content (AvgIpc) is 2.05. The predicted molar refractivity (Wildman–Crippen MR) is 54.7 cm³/mol. The Balaban J connectivity index is 2.59. The molecule has 6 nitrogen and oxygen atoms in total. The van der Waals surface area contributed by atoms with Gasteiger partial charge in [0, 0.05) is 6.20 Å². The molecule has 1 amide bonds. The van der Waals surface area contributed by atoms with Crippen molar-refractivity contribution in [2.75, 3.05) is 5.32 Å². The highest BCUT2D eigenvalue weighted by atomic mass is 16.6. The van der Waals surface area contributed by atoms with E-state index in [9.17, 15) is 9.59 Å². The second kappa shape index (κ2) is 4.12. The summed E-state index contributed by atoms with van der Waals surface area (Å²) >= 11 is 0. The lowest BCUT2D eigenvalue weighted by molar-refractivity contribution is 0.0636. The number of hydrogen-bond acceptors (Lipinski definition) is 4. The van der Waals surface area contributed by atoms with Gasteiger partial charge < -0.3 is 9.72 Å². The zero-order valence-corrected chi connectivity index (χ0v) is 8.83. The highest BCUT2D eigenvalue weighted by Gasteiger charge is 2.16. The van der Waals surface area contributed by atoms with E-state index < -0.39 is 17.4 Å². The first-order valence-corrected chi connectivity index (χ1v) is 4.41. The molecular formula is C9H13N3O3. The number of rotatable bonds is 1. The van der Waals surface area contributed by atoms with E-state index in [2.05, 4.69) is 15.3 Å². The van der Waals surface area contributed by atoms with Crippen molar-refractivity contribution < 1.29 is 9.53 Å². The first-order chi connectivity index (χ1) is 6.87. The fraction of sp³-hybridized carbons (Fsp3) is 0.444. The first-order valence-electron chi connectivity index (χ1n) is 4.41. The Morgan fingerprint density at radius 1 is 1.53 bits per heavy atom. The number of amides is 1. The van der Waals surface area contributed by atoms with E-state index in [-0.39, 0.29) is 0 Å². The number of H-pyrrole nitrogens is 1. The highest BCUT2D eigenvalue weighted by Crippen LogP contribution is 2.09. The number of nitrogens with one attached hydrogen (secondary N) is 2. The Kier molecular flexibility index (Phi) is 3.08. The van der Waals surface area contributed by atoms with E-state index in [0.717, 1.165) is 0 Å². The van der Waals surface area contributed by atoms with Crippen LogP contribution in [0.2, 0.25) is 0 Å². The molecular weight excluding hydrogens is 198 g/mol. The van der Waals surface area contributed by atoms with Crippen LogP contribution in [0.25, 0.3) is 0 Å². The van der Waals surface area contributed by atoms with Crippen molar-refractivity contribution in [1.29, 1.82) is 0 Å². The second-order valence-corrected chi connectivity index (χ2v) is 3.93. The van der Waals surface area contributed by atoms with E-state index in [4.69, 9.17) is 4.74 Å². The first kappa shape index (κ1) is 11.2. The van der Waals surface area contributed by atoms with Crippen molar-refractivity contribution in [2.24, 2.45) is 0 Å². The molecule has 1 aromatic heterocycles. The van der Waals surface area contributed by atoms with Gasteiger partial charge in [-0.05, 0) is 20.8 Å². The lowest BCUT2D eigenvalue weighted by Crippen LogP contribution is -2.27. The van der Waals surface area contributed by atoms with Gasteiger partial charge in [-0.2, -0.15) is 4.98 Å². The smallest absolute Gasteiger partial charge is 0.412 e. The van der Waals surface area contributed by atoms with Gasteiger partial charge >= 0.3 is 11.8 Å². The molecule has 0 aromatic carbocycles. The van der Waals surface area contributed by atoms with Gasteiger partial charge in [-0.25, -0.2) is 9.59 Å². The van der Waals surface area contributed by atoms with Gasteiger partial charge in [0.25, 0.3) is 0 Å². The summed E-state index contributed by atoms with van der Waals surface area (Å²) in [6, 6.07) is 0. The maximum atomic E-state index is 11.3. The molecule has 0 atom stereocenters. The topological polar surface area (TPSA) is 84.1 Å². The van der Waals surface area contributed by atoms with Gasteiger partial charge in [0.2, 0.25) is 0 Å². The van der Waals surface area contributed by atoms with Crippen LogP contribution in [0.4, 0.5) is 10.5 Å². The average molecular weight is 211 g/mol. The Labute approximate surface area is 86.7 Å². The highest BCUT2D eigenvalue weighted by molar-refractivity contribution is 5.84. The summed E-state index contributed by atoms with van der Waals surface area (Å²) in [6.07, 6.45) is 2.01. The third-order valence-electron chi connectivity index (χ3n) is 1.32. The minimum atomic E-state index is -0.587. The third-order valence-corrected chi connectivity index (χ3v) is 1.32. The van der Waals surface area contributed by atoms with E-state index in [1.165, 1.54) is 12.4 Å². The zero-order chi connectivity index (χ0) is 11.5. The van der Waals surface area contributed by atoms with E-state index in [0.29, 0.717) is 5.69 Å². The molecule has 0 aliphatic carbocycles. The predicted octanol–water partition coefficient (Wildman–Crippen LogP) is 1.12. The standard InChI is InChI=1S/C9H13N3O3/c1-9(2,3)15-8(14)12-6-4-10-7(13)11-5-6/h4-5H,1-3H3,(H,12,14)(H,10,11,13). The van der Waals surface area contributed by atoms with Gasteiger partial charge in [-0.15, -0.1) is 0 Å². The van der Waals surface area contributed by atoms with Crippen molar-refractivity contribution in [3.05, 3.63) is 22.9 Å². The minimum Gasteiger partial charge on any atom is -0.444 e. The molecule has 0 spiro atoms. The molecule has 0 radical (unpaired) electrons. The van der Waals surface area contributed by atoms with Crippen molar-refractivity contribution in [1.82, 2.24) is 9.97 Å². The normalized spacial score (nSPS) is 10.9. The van der Waals surface area contributed by atoms with Crippen LogP contribution in [0.5, 0.6) is 0 Å². The van der Waals surface area contributed by atoms with Crippen LogP contribution in [-0.4, -0.2) is 21.7 Å². The number of carbonyl (C=O) groups is 1. The SMILES string of the molecule is CC(C)(C)OC(=O)Nc1cnc(=O)[nH]c1. The lowest BCUT2D eigenvalue weighted by Gasteiger charge is -2.19. The second-order valence-electron chi connectivity index (χ2n) is 3.93. The number of nitrogens with zero attached hydrogens (tertiary/aromatic N) is 1. The monoisotopic (exact) mass is 211 g/mol. The summed E-state index contributed by atoms with van der Waals surface area (Å²) in [7, 11) is 0. The van der Waals surface area contributed by atoms with Crippen LogP contribution in [0, 0.1) is 0 Å². The molecule has 6 heteroatoms. The number of hydrogen-bond donors (Lipinski definition) is 2. The number of aromatic amines is 1. The lowest BCUT2D eigenvalue weighted by atomic mass is 10.2. The van der Waals surface area contributed by atoms with Crippen LogP contribution < -0.4 is 11.0 Å². The Morgan fingerprint density at radius 2 is 2.20 bits per heavy atom. The Hall–Kier alpha value is -1.85. The largest absolute Gasteiger partial charge is 0.444 e. The molecule has 82 valence electrons. The molecule has 0 unspecified atom stereocenters. The number of aromatic nitrogens is 2. The van der Waals surface area contributed by atoms with E-state index in [1.54, 1.807) is 20.8 Å². The molecule has 0 bridgehead atoms. The maximum Gasteiger partial charge on any atom is 0.412 e. The summed E-state index contributed by atoms with van der Waals surface area (Å²) < 4.78 is 5.00. The van der Waals surface area contributed by atoms with Crippen LogP contribution >= 0.6 is 0 Å². The summed E-state index contributed by atoms with van der Waals surface area (Å²) in [5.74, 6) is 0. The molecule has 0 aliphatic heterocycles. The van der Waals surface area contributed by atoms with Crippen molar-refractivity contribution >= 4 is 11.8 Å². The summed E-state index contributed by atoms with van der Waals surface area (Å²) in [6.45, 7) is 5.28. The third kappa shape index (κ3) is 4.26. The number of anilines is 1. The van der Waals surface area contributed by atoms with Crippen LogP contribution in [0.3, 0.4) is 0 Å². The number of carbonyl (C=O) groups excluding carboxylic acids is 1. The summed E-state index contributed by atoms with van der Waals surface area (Å²) in [4.78, 5) is 27.7. The molecule has 1 rings (SSSR count).